The van der Waals surface area contributed by atoms with Gasteiger partial charge in [-0.25, -0.2) is 0 Å². The van der Waals surface area contributed by atoms with Gasteiger partial charge in [-0.3, -0.25) is 23.5 Å². The molecule has 1 heterocycles. The third-order valence-electron chi connectivity index (χ3n) is 6.67. The monoisotopic (exact) mass is 678 g/mol. The number of nitrogens with zero attached hydrogens (tertiary/aromatic N) is 1. The summed E-state index contributed by atoms with van der Waals surface area (Å²) in [6.45, 7) is 0. The number of nitrogens with one attached hydrogen (secondary N) is 2. The number of hydrogen-bond donors (Lipinski definition) is 7. The summed E-state index contributed by atoms with van der Waals surface area (Å²) in [6, 6.07) is 7.24. The van der Waals surface area contributed by atoms with Crippen molar-refractivity contribution in [1.82, 2.24) is 15.2 Å². The minimum absolute atomic E-state index is 0.128. The fraction of sp³-hybridized carbons (Fsp3) is 0.269. The van der Waals surface area contributed by atoms with Crippen molar-refractivity contribution in [2.45, 2.75) is 36.3 Å². The Hall–Kier alpha value is -3.85. The van der Waals surface area contributed by atoms with E-state index in [0.29, 0.717) is 0 Å². The Labute approximate surface area is 252 Å². The molecule has 2 atom stereocenters. The lowest BCUT2D eigenvalue weighted by atomic mass is 10.0. The highest BCUT2D eigenvalue weighted by molar-refractivity contribution is 7.52. The molecule has 8 N–H and O–H groups in total. The Morgan fingerprint density at radius 2 is 1.20 bits per heavy atom. The number of nitrogens with two attached hydrogens (primary N) is 1. The molecule has 19 heteroatoms. The zero-order valence-corrected chi connectivity index (χ0v) is 25.0. The second-order valence-corrected chi connectivity index (χ2v) is 13.3. The number of primary amides is 1. The van der Waals surface area contributed by atoms with E-state index in [4.69, 9.17) is 25.3 Å². The third-order valence-corrected chi connectivity index (χ3v) is 8.65. The Bertz CT molecular complexity index is 1660. The highest BCUT2D eigenvalue weighted by Crippen LogP contribution is 2.60. The van der Waals surface area contributed by atoms with Gasteiger partial charge >= 0.3 is 26.5 Å². The van der Waals surface area contributed by atoms with Gasteiger partial charge in [0.1, 0.15) is 17.8 Å². The molecule has 2 unspecified atom stereocenters. The maximum absolute atomic E-state index is 14.1. The summed E-state index contributed by atoms with van der Waals surface area (Å²) >= 11 is 0. The summed E-state index contributed by atoms with van der Waals surface area (Å²) in [6.07, 6.45) is 0.850. The highest BCUT2D eigenvalue weighted by atomic mass is 31.2. The molecule has 0 aliphatic rings. The topological polar surface area (TPSA) is 221 Å². The van der Waals surface area contributed by atoms with Crippen LogP contribution in [0.2, 0.25) is 0 Å². The summed E-state index contributed by atoms with van der Waals surface area (Å²) in [5.74, 6) is -2.76. The standard InChI is InChI=1S/C26H28F4N4O9P2/c1-34-12-2-3-21(34)24(37)33-20(14-16-6-10-18(11-7-16)26(29,30)45(41,42)43)23(36)32-19(22(31)35)13-15-4-8-17(9-5-15)25(27,28)44(38,39)40/h2-12,19-20H,13-14H2,1H3,(H2,31,35)(H,32,36)(H,33,37)(H2,38,39,40)(H2,41,42,43). The molecule has 0 saturated heterocycles. The molecule has 0 saturated carbocycles. The summed E-state index contributed by atoms with van der Waals surface area (Å²) in [5, 5.41) is 4.81. The van der Waals surface area contributed by atoms with Gasteiger partial charge in [0.15, 0.2) is 0 Å². The lowest BCUT2D eigenvalue weighted by Gasteiger charge is -2.23. The molecule has 1 aromatic heterocycles. The Morgan fingerprint density at radius 3 is 1.56 bits per heavy atom. The average molecular weight is 678 g/mol. The van der Waals surface area contributed by atoms with E-state index in [9.17, 15) is 41.1 Å². The van der Waals surface area contributed by atoms with Gasteiger partial charge in [0.05, 0.1) is 0 Å². The van der Waals surface area contributed by atoms with E-state index in [1.807, 2.05) is 0 Å². The van der Waals surface area contributed by atoms with Crippen LogP contribution in [-0.4, -0.2) is 53.9 Å². The molecule has 0 fully saturated rings. The number of aryl methyl sites for hydroxylation is 1. The number of halogens is 4. The van der Waals surface area contributed by atoms with Gasteiger partial charge in [-0.05, 0) is 23.3 Å². The lowest BCUT2D eigenvalue weighted by Crippen LogP contribution is -2.54. The normalized spacial score (nSPS) is 14.0. The van der Waals surface area contributed by atoms with Crippen molar-refractivity contribution >= 4 is 32.9 Å². The first kappa shape index (κ1) is 35.6. The summed E-state index contributed by atoms with van der Waals surface area (Å²) < 4.78 is 79.9. The van der Waals surface area contributed by atoms with Gasteiger partial charge in [-0.1, -0.05) is 48.5 Å². The van der Waals surface area contributed by atoms with E-state index in [-0.39, 0.29) is 29.7 Å². The second kappa shape index (κ2) is 13.3. The number of rotatable bonds is 13. The summed E-state index contributed by atoms with van der Waals surface area (Å²) in [7, 11) is -10.1. The van der Waals surface area contributed by atoms with Crippen LogP contribution in [0, 0.1) is 0 Å². The van der Waals surface area contributed by atoms with Crippen molar-refractivity contribution in [2.24, 2.45) is 12.8 Å². The Balaban J connectivity index is 1.85. The fourth-order valence-corrected chi connectivity index (χ4v) is 5.09. The van der Waals surface area contributed by atoms with Crippen LogP contribution in [0.4, 0.5) is 17.6 Å². The highest BCUT2D eigenvalue weighted by Gasteiger charge is 2.51. The molecular formula is C26H28F4N4O9P2. The van der Waals surface area contributed by atoms with Crippen molar-refractivity contribution in [2.75, 3.05) is 0 Å². The molecule has 0 radical (unpaired) electrons. The van der Waals surface area contributed by atoms with Gasteiger partial charge in [0.2, 0.25) is 11.8 Å². The Morgan fingerprint density at radius 1 is 0.778 bits per heavy atom. The van der Waals surface area contributed by atoms with Crippen molar-refractivity contribution in [3.05, 3.63) is 94.8 Å². The third kappa shape index (κ3) is 8.25. The van der Waals surface area contributed by atoms with Crippen LogP contribution in [0.1, 0.15) is 32.7 Å². The SMILES string of the molecule is Cn1cccc1C(=O)NC(Cc1ccc(C(F)(F)P(=O)(O)O)cc1)C(=O)NC(Cc1ccc(C(F)(F)P(=O)(O)O)cc1)C(N)=O. The molecule has 0 aliphatic carbocycles. The number of hydrogen-bond acceptors (Lipinski definition) is 5. The van der Waals surface area contributed by atoms with Crippen molar-refractivity contribution in [3.8, 4) is 0 Å². The molecular weight excluding hydrogens is 650 g/mol. The first-order chi connectivity index (χ1) is 20.6. The number of benzene rings is 2. The zero-order valence-electron chi connectivity index (χ0n) is 23.2. The Kier molecular flexibility index (Phi) is 10.5. The van der Waals surface area contributed by atoms with Crippen molar-refractivity contribution in [1.29, 1.82) is 0 Å². The average Bonchev–Trinajstić information content (AvgIpc) is 3.37. The molecule has 3 amide bonds. The molecule has 0 bridgehead atoms. The minimum Gasteiger partial charge on any atom is -0.368 e. The van der Waals surface area contributed by atoms with Crippen LogP contribution >= 0.6 is 15.2 Å². The molecule has 45 heavy (non-hydrogen) atoms. The largest absolute Gasteiger partial charge is 0.399 e. The van der Waals surface area contributed by atoms with Gasteiger partial charge in [0, 0.05) is 37.2 Å². The fourth-order valence-electron chi connectivity index (χ4n) is 4.12. The van der Waals surface area contributed by atoms with Gasteiger partial charge in [-0.2, -0.15) is 17.6 Å². The van der Waals surface area contributed by atoms with E-state index in [0.717, 1.165) is 48.5 Å². The van der Waals surface area contributed by atoms with Gasteiger partial charge in [0.25, 0.3) is 5.91 Å². The number of carbonyl (C=O) groups excluding carboxylic acids is 3. The molecule has 3 rings (SSSR count). The van der Waals surface area contributed by atoms with Gasteiger partial charge in [-0.15, -0.1) is 0 Å². The van der Waals surface area contributed by atoms with Crippen LogP contribution in [0.25, 0.3) is 0 Å². The van der Waals surface area contributed by atoms with E-state index in [2.05, 4.69) is 10.6 Å². The quantitative estimate of drug-likeness (QED) is 0.104. The maximum atomic E-state index is 14.1. The van der Waals surface area contributed by atoms with E-state index in [1.165, 1.54) is 10.6 Å². The first-order valence-corrected chi connectivity index (χ1v) is 15.9. The minimum atomic E-state index is -5.85. The second-order valence-electron chi connectivity index (χ2n) is 9.97. The summed E-state index contributed by atoms with van der Waals surface area (Å²) in [5.41, 5.74) is -5.06. The number of amides is 3. The molecule has 0 aliphatic heterocycles. The lowest BCUT2D eigenvalue weighted by molar-refractivity contribution is -0.128. The number of aromatic nitrogens is 1. The van der Waals surface area contributed by atoms with Crippen LogP contribution < -0.4 is 16.4 Å². The molecule has 244 valence electrons. The summed E-state index contributed by atoms with van der Waals surface area (Å²) in [4.78, 5) is 74.2. The van der Waals surface area contributed by atoms with Crippen molar-refractivity contribution in [3.63, 3.8) is 0 Å². The molecule has 2 aromatic carbocycles. The van der Waals surface area contributed by atoms with E-state index >= 15 is 0 Å². The number of carbonyl (C=O) groups is 3. The van der Waals surface area contributed by atoms with Crippen LogP contribution in [0.15, 0.2) is 66.9 Å². The van der Waals surface area contributed by atoms with Crippen LogP contribution in [0.5, 0.6) is 0 Å². The molecule has 3 aromatic rings. The predicted molar refractivity (Wildman–Crippen MR) is 150 cm³/mol. The van der Waals surface area contributed by atoms with Crippen LogP contribution in [-0.2, 0) is 49.9 Å². The zero-order chi connectivity index (χ0) is 34.0. The van der Waals surface area contributed by atoms with E-state index in [1.54, 1.807) is 19.3 Å². The molecule has 0 spiro atoms. The molecule has 13 nitrogen and oxygen atoms in total. The first-order valence-electron chi connectivity index (χ1n) is 12.7. The predicted octanol–water partition coefficient (Wildman–Crippen LogP) is 2.03. The van der Waals surface area contributed by atoms with E-state index < -0.39 is 67.5 Å². The smallest absolute Gasteiger partial charge is 0.368 e. The van der Waals surface area contributed by atoms with Crippen LogP contribution in [0.3, 0.4) is 0 Å². The van der Waals surface area contributed by atoms with Crippen molar-refractivity contribution < 1.29 is 60.6 Å². The maximum Gasteiger partial charge on any atom is 0.399 e. The number of alkyl halides is 4. The van der Waals surface area contributed by atoms with Gasteiger partial charge < -0.3 is 40.5 Å².